The number of nitrogens with zero attached hydrogens (tertiary/aromatic N) is 6. The Kier molecular flexibility index (Phi) is 4.55. The summed E-state index contributed by atoms with van der Waals surface area (Å²) in [6, 6.07) is 6.50. The van der Waals surface area contributed by atoms with Gasteiger partial charge < -0.3 is 4.52 Å². The fourth-order valence-corrected chi connectivity index (χ4v) is 2.18. The lowest BCUT2D eigenvalue weighted by Gasteiger charge is -2.04. The molecular formula is C16H15FN6O. The fourth-order valence-electron chi connectivity index (χ4n) is 2.18. The molecule has 0 aliphatic heterocycles. The second kappa shape index (κ2) is 6.95. The number of rotatable bonds is 5. The Labute approximate surface area is 137 Å². The summed E-state index contributed by atoms with van der Waals surface area (Å²) in [5.41, 5.74) is 1.09. The van der Waals surface area contributed by atoms with Crippen molar-refractivity contribution in [3.8, 4) is 11.6 Å². The third kappa shape index (κ3) is 3.12. The number of aliphatic imine (C=N–C) groups is 1. The number of aromatic nitrogens is 5. The van der Waals surface area contributed by atoms with Crippen molar-refractivity contribution in [3.05, 3.63) is 53.9 Å². The van der Waals surface area contributed by atoms with E-state index in [1.54, 1.807) is 37.4 Å². The van der Waals surface area contributed by atoms with Gasteiger partial charge in [-0.2, -0.15) is 4.98 Å². The zero-order chi connectivity index (χ0) is 16.9. The number of halogens is 1. The van der Waals surface area contributed by atoms with Crippen LogP contribution in [0.2, 0.25) is 0 Å². The van der Waals surface area contributed by atoms with Gasteiger partial charge in [0.2, 0.25) is 18.0 Å². The van der Waals surface area contributed by atoms with Gasteiger partial charge in [-0.15, -0.1) is 5.10 Å². The molecule has 0 saturated heterocycles. The highest BCUT2D eigenvalue weighted by Gasteiger charge is 2.18. The quantitative estimate of drug-likeness (QED) is 0.673. The van der Waals surface area contributed by atoms with Crippen LogP contribution < -0.4 is 0 Å². The largest absolute Gasteiger partial charge is 0.342 e. The third-order valence-corrected chi connectivity index (χ3v) is 3.28. The van der Waals surface area contributed by atoms with Gasteiger partial charge in [0.05, 0.1) is 6.54 Å². The maximum atomic E-state index is 14.0. The Morgan fingerprint density at radius 3 is 2.83 bits per heavy atom. The summed E-state index contributed by atoms with van der Waals surface area (Å²) in [4.78, 5) is 12.7. The van der Waals surface area contributed by atoms with Gasteiger partial charge in [0.25, 0.3) is 0 Å². The summed E-state index contributed by atoms with van der Waals surface area (Å²) < 4.78 is 20.3. The molecule has 0 radical (unpaired) electrons. The molecule has 0 amide bonds. The zero-order valence-corrected chi connectivity index (χ0v) is 13.2. The first-order valence-corrected chi connectivity index (χ1v) is 7.33. The minimum absolute atomic E-state index is 0.191. The van der Waals surface area contributed by atoms with Crippen LogP contribution in [0.25, 0.3) is 17.3 Å². The van der Waals surface area contributed by atoms with Crippen LogP contribution in [0, 0.1) is 5.82 Å². The smallest absolute Gasteiger partial charge is 0.239 e. The first-order valence-electron chi connectivity index (χ1n) is 7.33. The molecule has 0 saturated carbocycles. The van der Waals surface area contributed by atoms with Crippen LogP contribution in [0.1, 0.15) is 25.2 Å². The van der Waals surface area contributed by atoms with Gasteiger partial charge in [-0.1, -0.05) is 29.4 Å². The molecule has 0 N–H and O–H groups in total. The summed E-state index contributed by atoms with van der Waals surface area (Å²) in [6.07, 6.45) is 4.65. The summed E-state index contributed by atoms with van der Waals surface area (Å²) in [6.45, 7) is 3.84. The molecule has 0 spiro atoms. The second-order valence-electron chi connectivity index (χ2n) is 4.82. The van der Waals surface area contributed by atoms with E-state index in [2.05, 4.69) is 25.2 Å². The minimum Gasteiger partial charge on any atom is -0.342 e. The molecule has 2 aromatic heterocycles. The number of hydrogen-bond acceptors (Lipinski definition) is 6. The molecule has 2 heterocycles. The lowest BCUT2D eigenvalue weighted by molar-refractivity contribution is 0.418. The predicted molar refractivity (Wildman–Crippen MR) is 86.6 cm³/mol. The summed E-state index contributed by atoms with van der Waals surface area (Å²) >= 11 is 0. The molecule has 8 heteroatoms. The molecule has 122 valence electrons. The highest BCUT2D eigenvalue weighted by Crippen LogP contribution is 2.20. The van der Waals surface area contributed by atoms with Crippen molar-refractivity contribution in [2.75, 3.05) is 0 Å². The van der Waals surface area contributed by atoms with E-state index in [-0.39, 0.29) is 18.2 Å². The monoisotopic (exact) mass is 326 g/mol. The van der Waals surface area contributed by atoms with E-state index in [1.807, 2.05) is 6.92 Å². The van der Waals surface area contributed by atoms with Gasteiger partial charge in [0.1, 0.15) is 11.5 Å². The lowest BCUT2D eigenvalue weighted by Crippen LogP contribution is -2.06. The van der Waals surface area contributed by atoms with E-state index in [0.717, 1.165) is 0 Å². The second-order valence-corrected chi connectivity index (χ2v) is 4.82. The molecular weight excluding hydrogens is 311 g/mol. The van der Waals surface area contributed by atoms with Crippen LogP contribution in [0.4, 0.5) is 4.39 Å². The van der Waals surface area contributed by atoms with Crippen molar-refractivity contribution in [2.24, 2.45) is 4.99 Å². The Morgan fingerprint density at radius 2 is 2.17 bits per heavy atom. The molecule has 3 rings (SSSR count). The molecule has 0 unspecified atom stereocenters. The molecule has 0 aliphatic rings. The Bertz CT molecular complexity index is 882. The van der Waals surface area contributed by atoms with Crippen molar-refractivity contribution in [1.29, 1.82) is 0 Å². The van der Waals surface area contributed by atoms with E-state index >= 15 is 0 Å². The van der Waals surface area contributed by atoms with Gasteiger partial charge in [0, 0.05) is 11.8 Å². The van der Waals surface area contributed by atoms with Crippen LogP contribution in [0.5, 0.6) is 0 Å². The maximum absolute atomic E-state index is 14.0. The van der Waals surface area contributed by atoms with Crippen LogP contribution >= 0.6 is 0 Å². The van der Waals surface area contributed by atoms with Gasteiger partial charge in [-0.3, -0.25) is 4.99 Å². The maximum Gasteiger partial charge on any atom is 0.239 e. The summed E-state index contributed by atoms with van der Waals surface area (Å²) in [5.74, 6) is 0.756. The normalized spacial score (nSPS) is 12.2. The van der Waals surface area contributed by atoms with Crippen LogP contribution in [-0.4, -0.2) is 31.1 Å². The fraction of sp³-hybridized carbons (Fsp3) is 0.188. The molecule has 0 aliphatic carbocycles. The van der Waals surface area contributed by atoms with E-state index in [1.165, 1.54) is 17.1 Å². The van der Waals surface area contributed by atoms with Gasteiger partial charge in [0.15, 0.2) is 5.82 Å². The third-order valence-electron chi connectivity index (χ3n) is 3.28. The van der Waals surface area contributed by atoms with Crippen molar-refractivity contribution >= 4 is 11.9 Å². The van der Waals surface area contributed by atoms with E-state index in [0.29, 0.717) is 22.9 Å². The van der Waals surface area contributed by atoms with Crippen LogP contribution in [-0.2, 0) is 6.54 Å². The first-order chi connectivity index (χ1) is 11.7. The molecule has 24 heavy (non-hydrogen) atoms. The highest BCUT2D eigenvalue weighted by atomic mass is 19.1. The van der Waals surface area contributed by atoms with Crippen molar-refractivity contribution in [1.82, 2.24) is 24.9 Å². The summed E-state index contributed by atoms with van der Waals surface area (Å²) in [5, 5.41) is 8.22. The summed E-state index contributed by atoms with van der Waals surface area (Å²) in [7, 11) is 0. The molecule has 7 nitrogen and oxygen atoms in total. The minimum atomic E-state index is -0.313. The van der Waals surface area contributed by atoms with Crippen molar-refractivity contribution in [3.63, 3.8) is 0 Å². The van der Waals surface area contributed by atoms with Crippen molar-refractivity contribution < 1.29 is 8.91 Å². The molecule has 0 atom stereocenters. The highest BCUT2D eigenvalue weighted by molar-refractivity contribution is 5.70. The molecule has 0 fully saturated rings. The SMILES string of the molecule is CC=N/C(=C\C)c1nc(-c2ncon2)n(Cc2ccccc2F)n1. The molecule has 3 aromatic rings. The van der Waals surface area contributed by atoms with E-state index < -0.39 is 0 Å². The van der Waals surface area contributed by atoms with Crippen molar-refractivity contribution in [2.45, 2.75) is 20.4 Å². The molecule has 0 bridgehead atoms. The Balaban J connectivity index is 2.07. The van der Waals surface area contributed by atoms with E-state index in [9.17, 15) is 4.39 Å². The Morgan fingerprint density at radius 1 is 1.33 bits per heavy atom. The van der Waals surface area contributed by atoms with Crippen LogP contribution in [0.3, 0.4) is 0 Å². The zero-order valence-electron chi connectivity index (χ0n) is 13.2. The lowest BCUT2D eigenvalue weighted by atomic mass is 10.2. The Hall–Kier alpha value is -3.16. The average Bonchev–Trinajstić information content (AvgIpc) is 3.24. The topological polar surface area (TPSA) is 82.0 Å². The standard InChI is InChI=1S/C16H15FN6O/c1-3-13(18-4-2)14-20-16(15-19-10-24-22-15)23(21-14)9-11-7-5-6-8-12(11)17/h3-8,10H,9H2,1-2H3/b13-3-,18-4?. The molecule has 1 aromatic carbocycles. The predicted octanol–water partition coefficient (Wildman–Crippen LogP) is 2.97. The van der Waals surface area contributed by atoms with Gasteiger partial charge in [-0.05, 0) is 19.9 Å². The first kappa shape index (κ1) is 15.7. The van der Waals surface area contributed by atoms with Gasteiger partial charge >= 0.3 is 0 Å². The van der Waals surface area contributed by atoms with Gasteiger partial charge in [-0.25, -0.2) is 14.1 Å². The average molecular weight is 326 g/mol. The number of allylic oxidation sites excluding steroid dienone is 1. The number of benzene rings is 1. The number of hydrogen-bond donors (Lipinski definition) is 0. The van der Waals surface area contributed by atoms with Crippen LogP contribution in [0.15, 0.2) is 46.3 Å². The van der Waals surface area contributed by atoms with E-state index in [4.69, 9.17) is 4.52 Å².